The van der Waals surface area contributed by atoms with Crippen molar-refractivity contribution < 1.29 is 22.7 Å². The van der Waals surface area contributed by atoms with Crippen molar-refractivity contribution in [2.45, 2.75) is 0 Å². The van der Waals surface area contributed by atoms with E-state index in [-0.39, 0.29) is 6.61 Å². The van der Waals surface area contributed by atoms with Gasteiger partial charge < -0.3 is 4.74 Å². The zero-order valence-corrected chi connectivity index (χ0v) is 7.60. The van der Waals surface area contributed by atoms with Crippen LogP contribution in [0.2, 0.25) is 0 Å². The van der Waals surface area contributed by atoms with Crippen LogP contribution in [-0.4, -0.2) is 12.6 Å². The zero-order chi connectivity index (χ0) is 11.4. The molecule has 0 atom stereocenters. The maximum absolute atomic E-state index is 13.0. The average molecular weight is 216 g/mol. The highest BCUT2D eigenvalue weighted by atomic mass is 19.2. The van der Waals surface area contributed by atoms with Crippen LogP contribution in [0.15, 0.2) is 24.8 Å². The average Bonchev–Trinajstić information content (AvgIpc) is 2.23. The summed E-state index contributed by atoms with van der Waals surface area (Å²) in [7, 11) is 0. The highest BCUT2D eigenvalue weighted by Crippen LogP contribution is 2.15. The number of esters is 1. The van der Waals surface area contributed by atoms with Crippen molar-refractivity contribution in [1.29, 1.82) is 0 Å². The van der Waals surface area contributed by atoms with Gasteiger partial charge in [-0.3, -0.25) is 0 Å². The Morgan fingerprint density at radius 1 is 1.33 bits per heavy atom. The van der Waals surface area contributed by atoms with Gasteiger partial charge in [0.05, 0.1) is 5.56 Å². The highest BCUT2D eigenvalue weighted by Gasteiger charge is 2.19. The van der Waals surface area contributed by atoms with Crippen molar-refractivity contribution in [3.63, 3.8) is 0 Å². The molecule has 5 heteroatoms. The maximum atomic E-state index is 13.0. The van der Waals surface area contributed by atoms with E-state index in [2.05, 4.69) is 11.3 Å². The number of carbonyl (C=O) groups excluding carboxylic acids is 1. The van der Waals surface area contributed by atoms with Crippen LogP contribution in [0.1, 0.15) is 10.4 Å². The SMILES string of the molecule is C=CCOC(=O)c1ccc(F)c(F)c1F. The number of carbonyl (C=O) groups is 1. The molecule has 0 aromatic heterocycles. The Bertz CT molecular complexity index is 402. The summed E-state index contributed by atoms with van der Waals surface area (Å²) in [6.07, 6.45) is 1.27. The van der Waals surface area contributed by atoms with Crippen LogP contribution in [0.4, 0.5) is 13.2 Å². The van der Waals surface area contributed by atoms with Crippen LogP contribution in [0.3, 0.4) is 0 Å². The molecule has 15 heavy (non-hydrogen) atoms. The van der Waals surface area contributed by atoms with Crippen LogP contribution in [0.5, 0.6) is 0 Å². The second-order valence-corrected chi connectivity index (χ2v) is 2.61. The summed E-state index contributed by atoms with van der Waals surface area (Å²) in [6, 6.07) is 1.47. The Balaban J connectivity index is 3.00. The van der Waals surface area contributed by atoms with E-state index in [1.807, 2.05) is 0 Å². The Kier molecular flexibility index (Phi) is 3.49. The van der Waals surface area contributed by atoms with Crippen LogP contribution in [0, 0.1) is 17.5 Å². The molecule has 0 unspecified atom stereocenters. The standard InChI is InChI=1S/C10H7F3O2/c1-2-5-15-10(14)6-3-4-7(11)9(13)8(6)12/h2-4H,1,5H2. The molecule has 0 aliphatic heterocycles. The molecule has 0 amide bonds. The first kappa shape index (κ1) is 11.3. The van der Waals surface area contributed by atoms with Crippen molar-refractivity contribution in [2.75, 3.05) is 6.61 Å². The minimum Gasteiger partial charge on any atom is -0.458 e. The van der Waals surface area contributed by atoms with Gasteiger partial charge in [0.1, 0.15) is 6.61 Å². The first-order valence-corrected chi connectivity index (χ1v) is 3.99. The molecule has 1 aromatic rings. The lowest BCUT2D eigenvalue weighted by Gasteiger charge is -2.03. The van der Waals surface area contributed by atoms with Crippen molar-refractivity contribution >= 4 is 5.97 Å². The Morgan fingerprint density at radius 3 is 2.60 bits per heavy atom. The van der Waals surface area contributed by atoms with Gasteiger partial charge in [-0.05, 0) is 12.1 Å². The molecule has 0 saturated heterocycles. The van der Waals surface area contributed by atoms with Gasteiger partial charge in [-0.25, -0.2) is 18.0 Å². The van der Waals surface area contributed by atoms with E-state index in [1.54, 1.807) is 0 Å². The van der Waals surface area contributed by atoms with E-state index in [4.69, 9.17) is 0 Å². The number of ether oxygens (including phenoxy) is 1. The first-order valence-electron chi connectivity index (χ1n) is 3.99. The second-order valence-electron chi connectivity index (χ2n) is 2.61. The van der Waals surface area contributed by atoms with Gasteiger partial charge in [0.2, 0.25) is 0 Å². The predicted octanol–water partition coefficient (Wildman–Crippen LogP) is 2.45. The number of benzene rings is 1. The largest absolute Gasteiger partial charge is 0.458 e. The quantitative estimate of drug-likeness (QED) is 0.440. The predicted molar refractivity (Wildman–Crippen MR) is 46.8 cm³/mol. The molecule has 80 valence electrons. The minimum absolute atomic E-state index is 0.128. The van der Waals surface area contributed by atoms with Gasteiger partial charge in [0, 0.05) is 0 Å². The molecule has 1 rings (SSSR count). The van der Waals surface area contributed by atoms with Gasteiger partial charge in [-0.15, -0.1) is 0 Å². The summed E-state index contributed by atoms with van der Waals surface area (Å²) >= 11 is 0. The van der Waals surface area contributed by atoms with E-state index in [1.165, 1.54) is 6.08 Å². The van der Waals surface area contributed by atoms with E-state index >= 15 is 0 Å². The molecule has 0 radical (unpaired) electrons. The van der Waals surface area contributed by atoms with E-state index in [0.717, 1.165) is 6.07 Å². The van der Waals surface area contributed by atoms with Gasteiger partial charge in [0.15, 0.2) is 17.5 Å². The molecule has 0 bridgehead atoms. The van der Waals surface area contributed by atoms with Crippen molar-refractivity contribution in [3.05, 3.63) is 47.8 Å². The Morgan fingerprint density at radius 2 is 2.00 bits per heavy atom. The van der Waals surface area contributed by atoms with Crippen molar-refractivity contribution in [1.82, 2.24) is 0 Å². The third-order valence-electron chi connectivity index (χ3n) is 1.59. The van der Waals surface area contributed by atoms with Crippen molar-refractivity contribution in [3.8, 4) is 0 Å². The molecule has 0 fully saturated rings. The number of halogens is 3. The highest BCUT2D eigenvalue weighted by molar-refractivity contribution is 5.89. The summed E-state index contributed by atoms with van der Waals surface area (Å²) in [5.41, 5.74) is -0.643. The molecule has 2 nitrogen and oxygen atoms in total. The minimum atomic E-state index is -1.69. The fraction of sp³-hybridized carbons (Fsp3) is 0.100. The molecule has 0 saturated carbocycles. The van der Waals surface area contributed by atoms with Crippen LogP contribution in [-0.2, 0) is 4.74 Å². The molecule has 0 N–H and O–H groups in total. The van der Waals surface area contributed by atoms with Crippen LogP contribution < -0.4 is 0 Å². The summed E-state index contributed by atoms with van der Waals surface area (Å²) in [4.78, 5) is 11.1. The second kappa shape index (κ2) is 4.63. The number of hydrogen-bond donors (Lipinski definition) is 0. The first-order chi connectivity index (χ1) is 7.07. The van der Waals surface area contributed by atoms with Crippen molar-refractivity contribution in [2.24, 2.45) is 0 Å². The summed E-state index contributed by atoms with van der Waals surface area (Å²) in [5.74, 6) is -5.66. The summed E-state index contributed by atoms with van der Waals surface area (Å²) in [6.45, 7) is 3.15. The smallest absolute Gasteiger partial charge is 0.341 e. The third kappa shape index (κ3) is 2.37. The molecular weight excluding hydrogens is 209 g/mol. The topological polar surface area (TPSA) is 26.3 Å². The zero-order valence-electron chi connectivity index (χ0n) is 7.60. The van der Waals surface area contributed by atoms with Gasteiger partial charge >= 0.3 is 5.97 Å². The molecule has 0 spiro atoms. The Hall–Kier alpha value is -1.78. The van der Waals surface area contributed by atoms with E-state index < -0.39 is 29.0 Å². The number of rotatable bonds is 3. The monoisotopic (exact) mass is 216 g/mol. The van der Waals surface area contributed by atoms with Crippen LogP contribution >= 0.6 is 0 Å². The fourth-order valence-corrected chi connectivity index (χ4v) is 0.896. The maximum Gasteiger partial charge on any atom is 0.341 e. The van der Waals surface area contributed by atoms with E-state index in [9.17, 15) is 18.0 Å². The molecule has 0 aliphatic carbocycles. The molecular formula is C10H7F3O2. The lowest BCUT2D eigenvalue weighted by atomic mass is 10.2. The summed E-state index contributed by atoms with van der Waals surface area (Å²) < 4.78 is 42.7. The summed E-state index contributed by atoms with van der Waals surface area (Å²) in [5, 5.41) is 0. The molecule has 0 heterocycles. The lowest BCUT2D eigenvalue weighted by molar-refractivity contribution is 0.0543. The third-order valence-corrected chi connectivity index (χ3v) is 1.59. The van der Waals surface area contributed by atoms with Crippen LogP contribution in [0.25, 0.3) is 0 Å². The molecule has 0 aliphatic rings. The van der Waals surface area contributed by atoms with E-state index in [0.29, 0.717) is 6.07 Å². The fourth-order valence-electron chi connectivity index (χ4n) is 0.896. The number of hydrogen-bond acceptors (Lipinski definition) is 2. The Labute approximate surface area is 84.0 Å². The normalized spacial score (nSPS) is 9.80. The lowest BCUT2D eigenvalue weighted by Crippen LogP contribution is -2.09. The van der Waals surface area contributed by atoms with Gasteiger partial charge in [0.25, 0.3) is 0 Å². The van der Waals surface area contributed by atoms with Gasteiger partial charge in [-0.1, -0.05) is 12.7 Å². The van der Waals surface area contributed by atoms with Gasteiger partial charge in [-0.2, -0.15) is 0 Å². The molecule has 1 aromatic carbocycles.